The normalized spacial score (nSPS) is 12.2. The Bertz CT molecular complexity index is 1450. The highest BCUT2D eigenvalue weighted by atomic mass is 32.2. The van der Waals surface area contributed by atoms with E-state index in [4.69, 9.17) is 0 Å². The number of carbonyl (C=O) groups excluding carboxylic acids is 2. The van der Waals surface area contributed by atoms with E-state index in [0.717, 1.165) is 27.8 Å². The van der Waals surface area contributed by atoms with Crippen LogP contribution in [0.4, 0.5) is 5.69 Å². The van der Waals surface area contributed by atoms with E-state index in [2.05, 4.69) is 5.32 Å². The van der Waals surface area contributed by atoms with Gasteiger partial charge >= 0.3 is 0 Å². The van der Waals surface area contributed by atoms with Crippen molar-refractivity contribution in [2.75, 3.05) is 23.7 Å². The SMILES string of the molecule is Cc1cccc(CN(C(=O)CCCN(c2cccc(C)c2C)S(C)(=O)=O)C(Cc2ccccc2)C(=O)NCC(C)C)c1. The number of nitrogens with one attached hydrogen (secondary N) is 1. The lowest BCUT2D eigenvalue weighted by molar-refractivity contribution is -0.141. The number of hydrogen-bond acceptors (Lipinski definition) is 4. The van der Waals surface area contributed by atoms with Crippen LogP contribution in [-0.4, -0.2) is 50.5 Å². The molecular weight excluding hydrogens is 546 g/mol. The van der Waals surface area contributed by atoms with Crippen molar-refractivity contribution in [3.63, 3.8) is 0 Å². The predicted octanol–water partition coefficient (Wildman–Crippen LogP) is 5.57. The summed E-state index contributed by atoms with van der Waals surface area (Å²) >= 11 is 0. The van der Waals surface area contributed by atoms with Crippen molar-refractivity contribution in [1.82, 2.24) is 10.2 Å². The second-order valence-electron chi connectivity index (χ2n) is 11.5. The van der Waals surface area contributed by atoms with Crippen molar-refractivity contribution in [1.29, 1.82) is 0 Å². The molecule has 42 heavy (non-hydrogen) atoms. The van der Waals surface area contributed by atoms with Gasteiger partial charge in [-0.15, -0.1) is 0 Å². The number of amides is 2. The molecule has 0 radical (unpaired) electrons. The zero-order chi connectivity index (χ0) is 30.9. The van der Waals surface area contributed by atoms with Gasteiger partial charge in [0.2, 0.25) is 21.8 Å². The van der Waals surface area contributed by atoms with E-state index in [1.165, 1.54) is 10.6 Å². The van der Waals surface area contributed by atoms with E-state index in [9.17, 15) is 18.0 Å². The Morgan fingerprint density at radius 3 is 2.19 bits per heavy atom. The minimum atomic E-state index is -3.57. The molecule has 1 unspecified atom stereocenters. The maximum atomic E-state index is 14.0. The second kappa shape index (κ2) is 15.0. The molecule has 2 amide bonds. The van der Waals surface area contributed by atoms with Crippen LogP contribution in [0.3, 0.4) is 0 Å². The molecule has 0 saturated carbocycles. The zero-order valence-corrected chi connectivity index (χ0v) is 26.6. The molecule has 3 rings (SSSR count). The van der Waals surface area contributed by atoms with Crippen LogP contribution in [0.1, 0.15) is 54.5 Å². The lowest BCUT2D eigenvalue weighted by atomic mass is 10.0. The molecule has 3 aromatic rings. The fourth-order valence-electron chi connectivity index (χ4n) is 4.97. The Kier molecular flexibility index (Phi) is 11.7. The fourth-order valence-corrected chi connectivity index (χ4v) is 5.99. The molecule has 0 fully saturated rings. The second-order valence-corrected chi connectivity index (χ2v) is 13.4. The molecule has 0 aliphatic rings. The standard InChI is InChI=1S/C34H45N3O4S/c1-25(2)23-35-34(39)32(22-29-15-8-7-9-16-29)36(24-30-17-10-13-26(3)21-30)33(38)19-12-20-37(42(6,40)41)31-18-11-14-27(4)28(31)5/h7-11,13-18,21,25,32H,12,19-20,22-24H2,1-6H3,(H,35,39). The first-order valence-corrected chi connectivity index (χ1v) is 16.4. The summed E-state index contributed by atoms with van der Waals surface area (Å²) in [7, 11) is -3.57. The number of sulfonamides is 1. The molecule has 0 spiro atoms. The third-order valence-electron chi connectivity index (χ3n) is 7.39. The monoisotopic (exact) mass is 591 g/mol. The zero-order valence-electron chi connectivity index (χ0n) is 25.8. The average Bonchev–Trinajstić information content (AvgIpc) is 2.93. The molecule has 0 bridgehead atoms. The Morgan fingerprint density at radius 2 is 1.55 bits per heavy atom. The molecule has 3 aromatic carbocycles. The molecule has 0 aliphatic heterocycles. The number of nitrogens with zero attached hydrogens (tertiary/aromatic N) is 2. The van der Waals surface area contributed by atoms with Gasteiger partial charge < -0.3 is 10.2 Å². The quantitative estimate of drug-likeness (QED) is 0.266. The smallest absolute Gasteiger partial charge is 0.243 e. The topological polar surface area (TPSA) is 86.8 Å². The maximum absolute atomic E-state index is 14.0. The van der Waals surface area contributed by atoms with E-state index in [1.807, 2.05) is 101 Å². The fraction of sp³-hybridized carbons (Fsp3) is 0.412. The van der Waals surface area contributed by atoms with Crippen molar-refractivity contribution in [3.8, 4) is 0 Å². The maximum Gasteiger partial charge on any atom is 0.243 e. The third-order valence-corrected chi connectivity index (χ3v) is 8.57. The largest absolute Gasteiger partial charge is 0.354 e. The van der Waals surface area contributed by atoms with E-state index < -0.39 is 16.1 Å². The summed E-state index contributed by atoms with van der Waals surface area (Å²) in [6.45, 7) is 10.9. The van der Waals surface area contributed by atoms with Gasteiger partial charge in [0.15, 0.2) is 0 Å². The third kappa shape index (κ3) is 9.44. The number of rotatable bonds is 14. The summed E-state index contributed by atoms with van der Waals surface area (Å²) in [6.07, 6.45) is 1.98. The molecule has 7 nitrogen and oxygen atoms in total. The highest BCUT2D eigenvalue weighted by molar-refractivity contribution is 7.92. The van der Waals surface area contributed by atoms with E-state index >= 15 is 0 Å². The van der Waals surface area contributed by atoms with Crippen LogP contribution in [0.15, 0.2) is 72.8 Å². The molecule has 0 saturated heterocycles. The molecule has 1 atom stereocenters. The van der Waals surface area contributed by atoms with Crippen LogP contribution in [0, 0.1) is 26.7 Å². The number of carbonyl (C=O) groups is 2. The first-order chi connectivity index (χ1) is 19.9. The number of benzene rings is 3. The molecular formula is C34H45N3O4S. The Labute approximate surface area is 252 Å². The first-order valence-electron chi connectivity index (χ1n) is 14.6. The van der Waals surface area contributed by atoms with Gasteiger partial charge in [-0.1, -0.05) is 86.1 Å². The van der Waals surface area contributed by atoms with Crippen molar-refractivity contribution in [3.05, 3.63) is 101 Å². The summed E-state index contributed by atoms with van der Waals surface area (Å²) in [6, 6.07) is 22.5. The van der Waals surface area contributed by atoms with Gasteiger partial charge in [-0.25, -0.2) is 8.42 Å². The molecule has 226 valence electrons. The average molecular weight is 592 g/mol. The minimum Gasteiger partial charge on any atom is -0.354 e. The van der Waals surface area contributed by atoms with Gasteiger partial charge in [0.1, 0.15) is 6.04 Å². The Hall–Kier alpha value is -3.65. The van der Waals surface area contributed by atoms with Gasteiger partial charge in [-0.2, -0.15) is 0 Å². The molecule has 8 heteroatoms. The van der Waals surface area contributed by atoms with Gasteiger partial charge in [0.25, 0.3) is 0 Å². The van der Waals surface area contributed by atoms with Gasteiger partial charge in [-0.05, 0) is 61.4 Å². The summed E-state index contributed by atoms with van der Waals surface area (Å²) in [5.41, 5.74) is 5.48. The summed E-state index contributed by atoms with van der Waals surface area (Å²) in [4.78, 5) is 29.3. The Morgan fingerprint density at radius 1 is 0.881 bits per heavy atom. The van der Waals surface area contributed by atoms with Crippen LogP contribution in [0.25, 0.3) is 0 Å². The van der Waals surface area contributed by atoms with Crippen LogP contribution in [0.2, 0.25) is 0 Å². The summed E-state index contributed by atoms with van der Waals surface area (Å²) in [5, 5.41) is 3.04. The van der Waals surface area contributed by atoms with Gasteiger partial charge in [0.05, 0.1) is 11.9 Å². The van der Waals surface area contributed by atoms with Crippen LogP contribution < -0.4 is 9.62 Å². The van der Waals surface area contributed by atoms with E-state index in [-0.39, 0.29) is 37.2 Å². The van der Waals surface area contributed by atoms with Crippen molar-refractivity contribution in [2.24, 2.45) is 5.92 Å². The van der Waals surface area contributed by atoms with Crippen molar-refractivity contribution >= 4 is 27.5 Å². The van der Waals surface area contributed by atoms with Gasteiger partial charge in [-0.3, -0.25) is 13.9 Å². The molecule has 0 aliphatic carbocycles. The molecule has 0 aromatic heterocycles. The Balaban J connectivity index is 1.90. The van der Waals surface area contributed by atoms with E-state index in [0.29, 0.717) is 25.1 Å². The van der Waals surface area contributed by atoms with Crippen molar-refractivity contribution < 1.29 is 18.0 Å². The predicted molar refractivity (Wildman–Crippen MR) is 171 cm³/mol. The number of aryl methyl sites for hydroxylation is 2. The molecule has 1 N–H and O–H groups in total. The molecule has 0 heterocycles. The van der Waals surface area contributed by atoms with E-state index in [1.54, 1.807) is 11.0 Å². The number of hydrogen-bond donors (Lipinski definition) is 1. The van der Waals surface area contributed by atoms with Crippen LogP contribution >= 0.6 is 0 Å². The van der Waals surface area contributed by atoms with Crippen LogP contribution in [-0.2, 0) is 32.6 Å². The van der Waals surface area contributed by atoms with Gasteiger partial charge in [0, 0.05) is 32.5 Å². The lowest BCUT2D eigenvalue weighted by Crippen LogP contribution is -2.51. The minimum absolute atomic E-state index is 0.103. The number of anilines is 1. The first kappa shape index (κ1) is 32.9. The summed E-state index contributed by atoms with van der Waals surface area (Å²) in [5.74, 6) is -0.118. The lowest BCUT2D eigenvalue weighted by Gasteiger charge is -2.32. The highest BCUT2D eigenvalue weighted by Crippen LogP contribution is 2.26. The van der Waals surface area contributed by atoms with Crippen molar-refractivity contribution in [2.45, 2.75) is 66.5 Å². The summed E-state index contributed by atoms with van der Waals surface area (Å²) < 4.78 is 26.9. The highest BCUT2D eigenvalue weighted by Gasteiger charge is 2.30. The van der Waals surface area contributed by atoms with Crippen LogP contribution in [0.5, 0.6) is 0 Å².